The normalized spacial score (nSPS) is 12.6. The average molecular weight is 578 g/mol. The summed E-state index contributed by atoms with van der Waals surface area (Å²) in [4.78, 5) is 18.1. The van der Waals surface area contributed by atoms with Gasteiger partial charge in [-0.25, -0.2) is 13.8 Å². The number of carbonyl (C=O) groups is 1. The number of aryl methyl sites for hydroxylation is 1. The molecule has 0 spiro atoms. The maximum absolute atomic E-state index is 14.0. The summed E-state index contributed by atoms with van der Waals surface area (Å²) in [5, 5.41) is 17.9. The molecule has 0 aliphatic carbocycles. The van der Waals surface area contributed by atoms with E-state index in [1.165, 1.54) is 17.7 Å². The standard InChI is InChI=1S/C33H37F2N3O4/c1-4-21-9-7-10-22(13-21)19-36-20-29(39)27(16-23-14-24(34)17-25(35)15-23)38-33(40)28-18-31(42-6-3)26-11-8-12-30(41-5-2)32(26)37-28/h7-15,17-18,27,29,36,39H,4-6,16,19-20H2,1-3H3,(H,38,40). The first-order valence-corrected chi connectivity index (χ1v) is 14.2. The highest BCUT2D eigenvalue weighted by molar-refractivity contribution is 5.98. The quantitative estimate of drug-likeness (QED) is 0.187. The molecule has 0 aliphatic rings. The Morgan fingerprint density at radius 2 is 1.57 bits per heavy atom. The van der Waals surface area contributed by atoms with Gasteiger partial charge in [0, 0.05) is 30.6 Å². The predicted molar refractivity (Wildman–Crippen MR) is 159 cm³/mol. The van der Waals surface area contributed by atoms with Crippen molar-refractivity contribution in [2.45, 2.75) is 52.3 Å². The van der Waals surface area contributed by atoms with Gasteiger partial charge in [-0.3, -0.25) is 4.79 Å². The molecule has 1 heterocycles. The number of hydrogen-bond acceptors (Lipinski definition) is 6. The molecule has 1 aromatic heterocycles. The van der Waals surface area contributed by atoms with E-state index in [4.69, 9.17) is 9.47 Å². The Morgan fingerprint density at radius 1 is 0.881 bits per heavy atom. The average Bonchev–Trinajstić information content (AvgIpc) is 2.97. The number of nitrogens with one attached hydrogen (secondary N) is 2. The summed E-state index contributed by atoms with van der Waals surface area (Å²) < 4.78 is 39.5. The summed E-state index contributed by atoms with van der Waals surface area (Å²) >= 11 is 0. The molecule has 222 valence electrons. The van der Waals surface area contributed by atoms with Gasteiger partial charge in [0.05, 0.1) is 25.4 Å². The number of aliphatic hydroxyl groups is 1. The van der Waals surface area contributed by atoms with Crippen molar-refractivity contribution in [1.29, 1.82) is 0 Å². The van der Waals surface area contributed by atoms with Gasteiger partial charge in [-0.2, -0.15) is 0 Å². The Kier molecular flexibility index (Phi) is 10.8. The predicted octanol–water partition coefficient (Wildman–Crippen LogP) is 5.36. The van der Waals surface area contributed by atoms with Crippen molar-refractivity contribution in [3.8, 4) is 11.5 Å². The molecule has 3 N–H and O–H groups in total. The van der Waals surface area contributed by atoms with Gasteiger partial charge >= 0.3 is 0 Å². The molecule has 9 heteroatoms. The molecule has 0 saturated heterocycles. The Balaban J connectivity index is 1.59. The summed E-state index contributed by atoms with van der Waals surface area (Å²) in [6.45, 7) is 7.20. The van der Waals surface area contributed by atoms with E-state index in [0.29, 0.717) is 47.7 Å². The fourth-order valence-corrected chi connectivity index (χ4v) is 4.83. The van der Waals surface area contributed by atoms with Gasteiger partial charge in [-0.1, -0.05) is 37.3 Å². The van der Waals surface area contributed by atoms with Crippen molar-refractivity contribution in [3.63, 3.8) is 0 Å². The third kappa shape index (κ3) is 8.02. The Hall–Kier alpha value is -4.08. The molecule has 0 radical (unpaired) electrons. The van der Waals surface area contributed by atoms with Crippen molar-refractivity contribution in [1.82, 2.24) is 15.6 Å². The van der Waals surface area contributed by atoms with Gasteiger partial charge in [-0.05, 0) is 67.6 Å². The summed E-state index contributed by atoms with van der Waals surface area (Å²) in [5.74, 6) is -1.07. The van der Waals surface area contributed by atoms with Crippen LogP contribution in [0.25, 0.3) is 10.9 Å². The largest absolute Gasteiger partial charge is 0.493 e. The van der Waals surface area contributed by atoms with E-state index in [1.54, 1.807) is 12.1 Å². The maximum Gasteiger partial charge on any atom is 0.270 e. The van der Waals surface area contributed by atoms with Gasteiger partial charge in [0.2, 0.25) is 0 Å². The van der Waals surface area contributed by atoms with Crippen LogP contribution in [0.3, 0.4) is 0 Å². The minimum Gasteiger partial charge on any atom is -0.493 e. The number of amides is 1. The molecule has 4 aromatic rings. The highest BCUT2D eigenvalue weighted by Gasteiger charge is 2.25. The van der Waals surface area contributed by atoms with Crippen LogP contribution < -0.4 is 20.1 Å². The van der Waals surface area contributed by atoms with Crippen LogP contribution in [-0.4, -0.2) is 47.9 Å². The highest BCUT2D eigenvalue weighted by atomic mass is 19.1. The molecule has 3 aromatic carbocycles. The zero-order chi connectivity index (χ0) is 30.1. The molecule has 0 aliphatic heterocycles. The second-order valence-electron chi connectivity index (χ2n) is 9.96. The fraction of sp³-hybridized carbons (Fsp3) is 0.333. The van der Waals surface area contributed by atoms with E-state index in [-0.39, 0.29) is 18.7 Å². The number of benzene rings is 3. The fourth-order valence-electron chi connectivity index (χ4n) is 4.83. The van der Waals surface area contributed by atoms with Crippen LogP contribution in [0.1, 0.15) is 48.0 Å². The first kappa shape index (κ1) is 30.9. The Morgan fingerprint density at radius 3 is 2.29 bits per heavy atom. The van der Waals surface area contributed by atoms with Crippen LogP contribution in [0.5, 0.6) is 11.5 Å². The van der Waals surface area contributed by atoms with Crippen LogP contribution in [0.4, 0.5) is 8.78 Å². The number of para-hydroxylation sites is 1. The monoisotopic (exact) mass is 577 g/mol. The number of carbonyl (C=O) groups excluding carboxylic acids is 1. The van der Waals surface area contributed by atoms with Crippen LogP contribution in [0.2, 0.25) is 0 Å². The van der Waals surface area contributed by atoms with E-state index in [1.807, 2.05) is 38.1 Å². The number of fused-ring (bicyclic) bond motifs is 1. The molecular formula is C33H37F2N3O4. The SMILES string of the molecule is CCOc1cc(C(=O)NC(Cc2cc(F)cc(F)c2)C(O)CNCc2cccc(CC)c2)nc2c(OCC)cccc12. The van der Waals surface area contributed by atoms with E-state index in [2.05, 4.69) is 34.7 Å². The second-order valence-corrected chi connectivity index (χ2v) is 9.96. The van der Waals surface area contributed by atoms with Crippen molar-refractivity contribution in [2.24, 2.45) is 0 Å². The Bertz CT molecular complexity index is 1490. The number of aromatic nitrogens is 1. The van der Waals surface area contributed by atoms with Gasteiger partial charge in [0.15, 0.2) is 0 Å². The van der Waals surface area contributed by atoms with E-state index in [0.717, 1.165) is 18.1 Å². The van der Waals surface area contributed by atoms with Crippen molar-refractivity contribution < 1.29 is 28.2 Å². The Labute approximate surface area is 244 Å². The van der Waals surface area contributed by atoms with Crippen molar-refractivity contribution in [3.05, 3.63) is 101 Å². The third-order valence-corrected chi connectivity index (χ3v) is 6.84. The minimum atomic E-state index is -1.08. The molecule has 0 bridgehead atoms. The number of aliphatic hydroxyl groups excluding tert-OH is 1. The zero-order valence-electron chi connectivity index (χ0n) is 24.1. The molecule has 42 heavy (non-hydrogen) atoms. The van der Waals surface area contributed by atoms with Gasteiger partial charge in [0.25, 0.3) is 5.91 Å². The van der Waals surface area contributed by atoms with Gasteiger partial charge in [-0.15, -0.1) is 0 Å². The molecular weight excluding hydrogens is 540 g/mol. The molecule has 1 amide bonds. The van der Waals surface area contributed by atoms with Gasteiger partial charge < -0.3 is 25.2 Å². The van der Waals surface area contributed by atoms with E-state index in [9.17, 15) is 18.7 Å². The van der Waals surface area contributed by atoms with E-state index >= 15 is 0 Å². The first-order chi connectivity index (χ1) is 20.3. The molecule has 2 unspecified atom stereocenters. The minimum absolute atomic E-state index is 0.00925. The summed E-state index contributed by atoms with van der Waals surface area (Å²) in [7, 11) is 0. The smallest absolute Gasteiger partial charge is 0.270 e. The van der Waals surface area contributed by atoms with Gasteiger partial charge in [0.1, 0.15) is 34.3 Å². The highest BCUT2D eigenvalue weighted by Crippen LogP contribution is 2.32. The zero-order valence-corrected chi connectivity index (χ0v) is 24.1. The van der Waals surface area contributed by atoms with Crippen LogP contribution in [0, 0.1) is 11.6 Å². The first-order valence-electron chi connectivity index (χ1n) is 14.2. The number of nitrogens with zero attached hydrogens (tertiary/aromatic N) is 1. The molecule has 2 atom stereocenters. The molecule has 0 saturated carbocycles. The lowest BCUT2D eigenvalue weighted by Crippen LogP contribution is -2.48. The number of halogens is 2. The van der Waals surface area contributed by atoms with Crippen molar-refractivity contribution >= 4 is 16.8 Å². The van der Waals surface area contributed by atoms with Crippen molar-refractivity contribution in [2.75, 3.05) is 19.8 Å². The van der Waals surface area contributed by atoms with Crippen LogP contribution in [-0.2, 0) is 19.4 Å². The number of rotatable bonds is 14. The second kappa shape index (κ2) is 14.7. The molecule has 0 fully saturated rings. The maximum atomic E-state index is 14.0. The third-order valence-electron chi connectivity index (χ3n) is 6.84. The van der Waals surface area contributed by atoms with Crippen LogP contribution >= 0.6 is 0 Å². The molecule has 4 rings (SSSR count). The topological polar surface area (TPSA) is 92.7 Å². The molecule has 7 nitrogen and oxygen atoms in total. The van der Waals surface area contributed by atoms with E-state index < -0.39 is 29.7 Å². The van der Waals surface area contributed by atoms with Crippen LogP contribution in [0.15, 0.2) is 66.7 Å². The number of pyridine rings is 1. The lowest BCUT2D eigenvalue weighted by Gasteiger charge is -2.25. The number of hydrogen-bond donors (Lipinski definition) is 3. The lowest BCUT2D eigenvalue weighted by atomic mass is 10.00. The summed E-state index contributed by atoms with van der Waals surface area (Å²) in [6, 6.07) is 17.4. The summed E-state index contributed by atoms with van der Waals surface area (Å²) in [6.07, 6.45) is -0.181. The summed E-state index contributed by atoms with van der Waals surface area (Å²) in [5.41, 5.74) is 3.09. The number of ether oxygens (including phenoxy) is 2. The lowest BCUT2D eigenvalue weighted by molar-refractivity contribution is 0.0825.